The smallest absolute Gasteiger partial charge is 0.335 e. The zero-order valence-corrected chi connectivity index (χ0v) is 17.0. The lowest BCUT2D eigenvalue weighted by atomic mass is 9.94. The van der Waals surface area contributed by atoms with Gasteiger partial charge in [-0.1, -0.05) is 18.2 Å². The summed E-state index contributed by atoms with van der Waals surface area (Å²) >= 11 is 0. The highest BCUT2D eigenvalue weighted by Crippen LogP contribution is 2.38. The maximum atomic E-state index is 13.2. The van der Waals surface area contributed by atoms with Crippen molar-refractivity contribution < 1.29 is 32.2 Å². The largest absolute Gasteiger partial charge is 0.494 e. The number of para-hydroxylation sites is 1. The molecule has 2 aliphatic rings. The van der Waals surface area contributed by atoms with Crippen molar-refractivity contribution in [1.29, 1.82) is 0 Å². The molecule has 7 nitrogen and oxygen atoms in total. The molecule has 1 spiro atoms. The summed E-state index contributed by atoms with van der Waals surface area (Å²) in [6.07, 6.45) is 2.09. The number of sulfone groups is 1. The molecular weight excluding hydrogens is 384 g/mol. The van der Waals surface area contributed by atoms with Crippen LogP contribution in [0.3, 0.4) is 0 Å². The summed E-state index contributed by atoms with van der Waals surface area (Å²) in [6, 6.07) is 7.03. The minimum atomic E-state index is -3.70. The fourth-order valence-electron chi connectivity index (χ4n) is 3.60. The highest BCUT2D eigenvalue weighted by molar-refractivity contribution is 7.91. The second-order valence-corrected chi connectivity index (χ2v) is 8.89. The van der Waals surface area contributed by atoms with Gasteiger partial charge in [-0.25, -0.2) is 13.2 Å². The SMILES string of the molecule is CCOC(=O)C1=CC2(CCC1S(=O)(=O)Cc1ccccc1OCC)OCCO2. The number of carbonyl (C=O) groups is 1. The molecule has 1 aromatic rings. The van der Waals surface area contributed by atoms with Gasteiger partial charge in [-0.3, -0.25) is 0 Å². The van der Waals surface area contributed by atoms with E-state index in [1.165, 1.54) is 6.08 Å². The summed E-state index contributed by atoms with van der Waals surface area (Å²) in [7, 11) is -3.70. The molecule has 8 heteroatoms. The monoisotopic (exact) mass is 410 g/mol. The molecule has 0 bridgehead atoms. The van der Waals surface area contributed by atoms with Crippen LogP contribution in [0, 0.1) is 0 Å². The lowest BCUT2D eigenvalue weighted by Crippen LogP contribution is -2.40. The summed E-state index contributed by atoms with van der Waals surface area (Å²) < 4.78 is 48.5. The third-order valence-electron chi connectivity index (χ3n) is 4.83. The van der Waals surface area contributed by atoms with E-state index in [1.54, 1.807) is 31.2 Å². The summed E-state index contributed by atoms with van der Waals surface area (Å²) in [5.41, 5.74) is 0.658. The van der Waals surface area contributed by atoms with Crippen molar-refractivity contribution >= 4 is 15.8 Å². The van der Waals surface area contributed by atoms with E-state index < -0.39 is 26.8 Å². The van der Waals surface area contributed by atoms with Crippen molar-refractivity contribution in [2.75, 3.05) is 26.4 Å². The van der Waals surface area contributed by atoms with E-state index in [-0.39, 0.29) is 24.4 Å². The fraction of sp³-hybridized carbons (Fsp3) is 0.550. The summed E-state index contributed by atoms with van der Waals surface area (Å²) in [4.78, 5) is 12.5. The molecule has 0 N–H and O–H groups in total. The first-order chi connectivity index (χ1) is 13.4. The number of hydrogen-bond donors (Lipinski definition) is 0. The molecule has 1 saturated heterocycles. The average molecular weight is 410 g/mol. The summed E-state index contributed by atoms with van der Waals surface area (Å²) in [5, 5.41) is -0.973. The van der Waals surface area contributed by atoms with E-state index in [9.17, 15) is 13.2 Å². The molecule has 1 aromatic carbocycles. The molecule has 1 aliphatic carbocycles. The Balaban J connectivity index is 1.92. The van der Waals surface area contributed by atoms with Gasteiger partial charge >= 0.3 is 5.97 Å². The van der Waals surface area contributed by atoms with Gasteiger partial charge in [0, 0.05) is 12.0 Å². The molecule has 0 saturated carbocycles. The van der Waals surface area contributed by atoms with Crippen LogP contribution in [0.5, 0.6) is 5.75 Å². The topological polar surface area (TPSA) is 88.1 Å². The second kappa shape index (κ2) is 8.63. The molecule has 0 amide bonds. The maximum absolute atomic E-state index is 13.2. The molecule has 0 radical (unpaired) electrons. The van der Waals surface area contributed by atoms with Gasteiger partial charge in [-0.2, -0.15) is 0 Å². The van der Waals surface area contributed by atoms with Gasteiger partial charge in [-0.05, 0) is 32.4 Å². The lowest BCUT2D eigenvalue weighted by molar-refractivity contribution is -0.143. The predicted octanol–water partition coefficient (Wildman–Crippen LogP) is 2.40. The van der Waals surface area contributed by atoms with Gasteiger partial charge < -0.3 is 18.9 Å². The first-order valence-corrected chi connectivity index (χ1v) is 11.2. The molecule has 3 rings (SSSR count). The van der Waals surface area contributed by atoms with Crippen molar-refractivity contribution in [2.24, 2.45) is 0 Å². The van der Waals surface area contributed by atoms with E-state index in [0.29, 0.717) is 37.6 Å². The molecule has 154 valence electrons. The number of esters is 1. The van der Waals surface area contributed by atoms with Gasteiger partial charge in [0.2, 0.25) is 0 Å². The highest BCUT2D eigenvalue weighted by Gasteiger charge is 2.46. The van der Waals surface area contributed by atoms with E-state index in [0.717, 1.165) is 0 Å². The van der Waals surface area contributed by atoms with Crippen molar-refractivity contribution in [3.05, 3.63) is 41.5 Å². The van der Waals surface area contributed by atoms with Gasteiger partial charge in [0.25, 0.3) is 0 Å². The molecule has 1 fully saturated rings. The van der Waals surface area contributed by atoms with Crippen LogP contribution >= 0.6 is 0 Å². The number of carbonyl (C=O) groups excluding carboxylic acids is 1. The summed E-state index contributed by atoms with van der Waals surface area (Å²) in [5.74, 6) is -1.37. The minimum Gasteiger partial charge on any atom is -0.494 e. The van der Waals surface area contributed by atoms with Crippen molar-refractivity contribution in [2.45, 2.75) is 43.5 Å². The zero-order chi connectivity index (χ0) is 20.2. The molecule has 1 unspecified atom stereocenters. The van der Waals surface area contributed by atoms with Crippen LogP contribution in [-0.2, 0) is 34.6 Å². The van der Waals surface area contributed by atoms with Crippen LogP contribution in [0.1, 0.15) is 32.3 Å². The van der Waals surface area contributed by atoms with Gasteiger partial charge in [-0.15, -0.1) is 0 Å². The Morgan fingerprint density at radius 2 is 1.89 bits per heavy atom. The third-order valence-corrected chi connectivity index (χ3v) is 6.90. The van der Waals surface area contributed by atoms with E-state index in [4.69, 9.17) is 18.9 Å². The van der Waals surface area contributed by atoms with Crippen LogP contribution in [0.15, 0.2) is 35.9 Å². The summed E-state index contributed by atoms with van der Waals surface area (Å²) in [6.45, 7) is 4.94. The fourth-order valence-corrected chi connectivity index (χ4v) is 5.50. The van der Waals surface area contributed by atoms with Gasteiger partial charge in [0.05, 0.1) is 43.0 Å². The van der Waals surface area contributed by atoms with E-state index >= 15 is 0 Å². The Bertz CT molecular complexity index is 838. The molecular formula is C20H26O7S. The van der Waals surface area contributed by atoms with Crippen LogP contribution in [0.2, 0.25) is 0 Å². The normalized spacial score (nSPS) is 21.4. The Morgan fingerprint density at radius 3 is 2.57 bits per heavy atom. The number of ether oxygens (including phenoxy) is 4. The quantitative estimate of drug-likeness (QED) is 0.638. The number of rotatable bonds is 7. The molecule has 28 heavy (non-hydrogen) atoms. The van der Waals surface area contributed by atoms with E-state index in [2.05, 4.69) is 0 Å². The van der Waals surface area contributed by atoms with Crippen LogP contribution < -0.4 is 4.74 Å². The standard InChI is InChI=1S/C20H26O7S/c1-3-24-17-8-6-5-7-15(17)14-28(22,23)18-9-10-20(26-11-12-27-20)13-16(18)19(21)25-4-2/h5-8,13,18H,3-4,9-12,14H2,1-2H3. The molecule has 1 aliphatic heterocycles. The lowest BCUT2D eigenvalue weighted by Gasteiger charge is -2.33. The molecule has 1 heterocycles. The molecule has 0 aromatic heterocycles. The van der Waals surface area contributed by atoms with Crippen molar-refractivity contribution in [3.8, 4) is 5.75 Å². The van der Waals surface area contributed by atoms with Gasteiger partial charge in [0.1, 0.15) is 5.75 Å². The minimum absolute atomic E-state index is 0.0869. The van der Waals surface area contributed by atoms with Crippen LogP contribution in [0.4, 0.5) is 0 Å². The van der Waals surface area contributed by atoms with Gasteiger partial charge in [0.15, 0.2) is 15.6 Å². The first kappa shape index (κ1) is 20.8. The van der Waals surface area contributed by atoms with Crippen molar-refractivity contribution in [1.82, 2.24) is 0 Å². The molecule has 1 atom stereocenters. The Kier molecular flexibility index (Phi) is 6.42. The van der Waals surface area contributed by atoms with Crippen LogP contribution in [0.25, 0.3) is 0 Å². The number of hydrogen-bond acceptors (Lipinski definition) is 7. The first-order valence-electron chi connectivity index (χ1n) is 9.51. The Hall–Kier alpha value is -1.90. The highest BCUT2D eigenvalue weighted by atomic mass is 32.2. The second-order valence-electron chi connectivity index (χ2n) is 6.70. The van der Waals surface area contributed by atoms with E-state index in [1.807, 2.05) is 6.92 Å². The Labute approximate surface area is 165 Å². The predicted molar refractivity (Wildman–Crippen MR) is 103 cm³/mol. The zero-order valence-electron chi connectivity index (χ0n) is 16.2. The average Bonchev–Trinajstić information content (AvgIpc) is 3.11. The maximum Gasteiger partial charge on any atom is 0.335 e. The third kappa shape index (κ3) is 4.39. The van der Waals surface area contributed by atoms with Crippen molar-refractivity contribution in [3.63, 3.8) is 0 Å². The number of benzene rings is 1. The van der Waals surface area contributed by atoms with Crippen LogP contribution in [-0.4, -0.2) is 51.9 Å². The Morgan fingerprint density at radius 1 is 1.18 bits per heavy atom.